The van der Waals surface area contributed by atoms with E-state index >= 15 is 0 Å². The molecule has 0 fully saturated rings. The monoisotopic (exact) mass is 379 g/mol. The maximum absolute atomic E-state index is 12.0. The van der Waals surface area contributed by atoms with Crippen molar-refractivity contribution in [3.8, 4) is 0 Å². The SMILES string of the molecule is CCOC(=O)C1N=C(C(Cl)Cl)OC1c1ccc(S(C)(=O)=O)cc1. The predicted octanol–water partition coefficient (Wildman–Crippen LogP) is 2.30. The lowest BCUT2D eigenvalue weighted by molar-refractivity contribution is -0.146. The first-order valence-electron chi connectivity index (χ1n) is 6.73. The Balaban J connectivity index is 2.31. The van der Waals surface area contributed by atoms with E-state index in [0.717, 1.165) is 6.26 Å². The highest BCUT2D eigenvalue weighted by Crippen LogP contribution is 2.33. The quantitative estimate of drug-likeness (QED) is 0.578. The summed E-state index contributed by atoms with van der Waals surface area (Å²) in [6.45, 7) is 1.88. The summed E-state index contributed by atoms with van der Waals surface area (Å²) in [6.07, 6.45) is 0.347. The zero-order valence-corrected chi connectivity index (χ0v) is 14.7. The fourth-order valence-electron chi connectivity index (χ4n) is 2.10. The number of halogens is 2. The number of aliphatic imine (C=N–C) groups is 1. The van der Waals surface area contributed by atoms with E-state index in [1.54, 1.807) is 19.1 Å². The molecule has 0 amide bonds. The van der Waals surface area contributed by atoms with Gasteiger partial charge >= 0.3 is 5.97 Å². The van der Waals surface area contributed by atoms with Crippen LogP contribution >= 0.6 is 23.2 Å². The molecule has 1 aliphatic rings. The van der Waals surface area contributed by atoms with Gasteiger partial charge in [-0.05, 0) is 24.6 Å². The first kappa shape index (κ1) is 18.0. The lowest BCUT2D eigenvalue weighted by Gasteiger charge is -2.17. The molecule has 23 heavy (non-hydrogen) atoms. The predicted molar refractivity (Wildman–Crippen MR) is 86.7 cm³/mol. The van der Waals surface area contributed by atoms with Gasteiger partial charge in [0.05, 0.1) is 11.5 Å². The van der Waals surface area contributed by atoms with Crippen LogP contribution in [0.3, 0.4) is 0 Å². The molecule has 0 aromatic heterocycles. The first-order chi connectivity index (χ1) is 10.7. The van der Waals surface area contributed by atoms with Gasteiger partial charge in [-0.15, -0.1) is 0 Å². The number of sulfone groups is 1. The van der Waals surface area contributed by atoms with Gasteiger partial charge < -0.3 is 9.47 Å². The van der Waals surface area contributed by atoms with Gasteiger partial charge in [-0.25, -0.2) is 18.2 Å². The summed E-state index contributed by atoms with van der Waals surface area (Å²) in [5.41, 5.74) is 0.572. The lowest BCUT2D eigenvalue weighted by atomic mass is 10.0. The van der Waals surface area contributed by atoms with Crippen molar-refractivity contribution in [3.63, 3.8) is 0 Å². The van der Waals surface area contributed by atoms with Crippen LogP contribution in [0.5, 0.6) is 0 Å². The molecule has 0 saturated heterocycles. The van der Waals surface area contributed by atoms with Crippen LogP contribution in [0.1, 0.15) is 18.6 Å². The number of hydrogen-bond acceptors (Lipinski definition) is 6. The number of benzene rings is 1. The van der Waals surface area contributed by atoms with Gasteiger partial charge in [-0.1, -0.05) is 35.3 Å². The standard InChI is InChI=1S/C14H15Cl2NO5S/c1-3-21-14(18)10-11(22-13(17-10)12(15)16)8-4-6-9(7-5-8)23(2,19)20/h4-7,10-12H,3H2,1-2H3. The Labute approximate surface area is 144 Å². The second-order valence-corrected chi connectivity index (χ2v) is 7.96. The van der Waals surface area contributed by atoms with Crippen LogP contribution in [0, 0.1) is 0 Å². The molecule has 1 aromatic carbocycles. The van der Waals surface area contributed by atoms with E-state index in [1.165, 1.54) is 12.1 Å². The Kier molecular flexibility index (Phi) is 5.54. The van der Waals surface area contributed by atoms with Crippen molar-refractivity contribution in [3.05, 3.63) is 29.8 Å². The second-order valence-electron chi connectivity index (χ2n) is 4.84. The summed E-state index contributed by atoms with van der Waals surface area (Å²) in [6, 6.07) is 5.06. The summed E-state index contributed by atoms with van der Waals surface area (Å²) in [7, 11) is -3.31. The van der Waals surface area contributed by atoms with E-state index in [0.29, 0.717) is 5.56 Å². The van der Waals surface area contributed by atoms with E-state index in [-0.39, 0.29) is 17.4 Å². The molecule has 0 bridgehead atoms. The maximum Gasteiger partial charge on any atom is 0.335 e. The third kappa shape index (κ3) is 4.16. The Morgan fingerprint density at radius 3 is 2.43 bits per heavy atom. The fourth-order valence-corrected chi connectivity index (χ4v) is 2.94. The van der Waals surface area contributed by atoms with Crippen LogP contribution in [0.25, 0.3) is 0 Å². The number of hydrogen-bond donors (Lipinski definition) is 0. The molecule has 0 saturated carbocycles. The van der Waals surface area contributed by atoms with Crippen molar-refractivity contribution in [1.29, 1.82) is 0 Å². The Hall–Kier alpha value is -1.31. The number of rotatable bonds is 5. The van der Waals surface area contributed by atoms with Gasteiger partial charge in [0.2, 0.25) is 5.90 Å². The van der Waals surface area contributed by atoms with E-state index in [4.69, 9.17) is 32.7 Å². The highest BCUT2D eigenvalue weighted by molar-refractivity contribution is 7.90. The Bertz CT molecular complexity index is 715. The van der Waals surface area contributed by atoms with Crippen molar-refractivity contribution in [1.82, 2.24) is 0 Å². The molecule has 2 rings (SSSR count). The van der Waals surface area contributed by atoms with E-state index in [9.17, 15) is 13.2 Å². The Morgan fingerprint density at radius 1 is 1.35 bits per heavy atom. The lowest BCUT2D eigenvalue weighted by Crippen LogP contribution is -2.26. The number of esters is 1. The number of nitrogens with zero attached hydrogens (tertiary/aromatic N) is 1. The second kappa shape index (κ2) is 7.07. The molecule has 126 valence electrons. The van der Waals surface area contributed by atoms with Crippen molar-refractivity contribution in [2.45, 2.75) is 28.8 Å². The average Bonchev–Trinajstić information content (AvgIpc) is 2.92. The summed E-state index contributed by atoms with van der Waals surface area (Å²) in [5, 5.41) is 0. The highest BCUT2D eigenvalue weighted by Gasteiger charge is 2.40. The van der Waals surface area contributed by atoms with Crippen LogP contribution in [0.4, 0.5) is 0 Å². The molecular weight excluding hydrogens is 365 g/mol. The normalized spacial score (nSPS) is 21.0. The van der Waals surface area contributed by atoms with E-state index < -0.39 is 32.8 Å². The van der Waals surface area contributed by atoms with Crippen LogP contribution in [0.2, 0.25) is 0 Å². The molecule has 0 radical (unpaired) electrons. The van der Waals surface area contributed by atoms with Crippen LogP contribution in [-0.4, -0.2) is 44.0 Å². The topological polar surface area (TPSA) is 82.0 Å². The van der Waals surface area contributed by atoms with Crippen LogP contribution < -0.4 is 0 Å². The number of carbonyl (C=O) groups excluding carboxylic acids is 1. The minimum atomic E-state index is -3.31. The molecule has 6 nitrogen and oxygen atoms in total. The number of alkyl halides is 2. The maximum atomic E-state index is 12.0. The third-order valence-electron chi connectivity index (χ3n) is 3.15. The molecule has 1 aliphatic heterocycles. The third-order valence-corrected chi connectivity index (χ3v) is 4.65. The smallest absolute Gasteiger partial charge is 0.335 e. The van der Waals surface area contributed by atoms with Gasteiger partial charge in [0, 0.05) is 6.26 Å². The Morgan fingerprint density at radius 2 is 1.96 bits per heavy atom. The average molecular weight is 380 g/mol. The van der Waals surface area contributed by atoms with Gasteiger partial charge in [-0.3, -0.25) is 0 Å². The van der Waals surface area contributed by atoms with Crippen molar-refractivity contribution >= 4 is 44.9 Å². The fraction of sp³-hybridized carbons (Fsp3) is 0.429. The van der Waals surface area contributed by atoms with Gasteiger partial charge in [-0.2, -0.15) is 0 Å². The van der Waals surface area contributed by atoms with Gasteiger partial charge in [0.1, 0.15) is 0 Å². The van der Waals surface area contributed by atoms with Gasteiger partial charge in [0.15, 0.2) is 26.8 Å². The van der Waals surface area contributed by atoms with Crippen molar-refractivity contribution in [2.75, 3.05) is 12.9 Å². The molecule has 2 atom stereocenters. The molecule has 1 aromatic rings. The molecule has 1 heterocycles. The van der Waals surface area contributed by atoms with Crippen LogP contribution in [-0.2, 0) is 24.1 Å². The minimum Gasteiger partial charge on any atom is -0.468 e. The summed E-state index contributed by atoms with van der Waals surface area (Å²) in [4.78, 5) is 15.3. The zero-order valence-electron chi connectivity index (χ0n) is 12.4. The summed E-state index contributed by atoms with van der Waals surface area (Å²) >= 11 is 11.5. The molecule has 9 heteroatoms. The van der Waals surface area contributed by atoms with Crippen molar-refractivity contribution < 1.29 is 22.7 Å². The van der Waals surface area contributed by atoms with Crippen LogP contribution in [0.15, 0.2) is 34.2 Å². The van der Waals surface area contributed by atoms with E-state index in [1.807, 2.05) is 0 Å². The molecule has 0 N–H and O–H groups in total. The van der Waals surface area contributed by atoms with E-state index in [2.05, 4.69) is 4.99 Å². The molecular formula is C14H15Cl2NO5S. The number of carbonyl (C=O) groups is 1. The molecule has 0 spiro atoms. The van der Waals surface area contributed by atoms with Gasteiger partial charge in [0.25, 0.3) is 0 Å². The summed E-state index contributed by atoms with van der Waals surface area (Å²) < 4.78 is 33.5. The minimum absolute atomic E-state index is 0.0311. The summed E-state index contributed by atoms with van der Waals surface area (Å²) in [5.74, 6) is -0.530. The van der Waals surface area contributed by atoms with Crippen molar-refractivity contribution in [2.24, 2.45) is 4.99 Å². The first-order valence-corrected chi connectivity index (χ1v) is 9.49. The largest absolute Gasteiger partial charge is 0.468 e. The number of ether oxygens (including phenoxy) is 2. The molecule has 2 unspecified atom stereocenters. The highest BCUT2D eigenvalue weighted by atomic mass is 35.5. The molecule has 0 aliphatic carbocycles. The zero-order chi connectivity index (χ0) is 17.2.